The van der Waals surface area contributed by atoms with Crippen molar-refractivity contribution < 1.29 is 28.7 Å². The number of ether oxygens (including phenoxy) is 2. The summed E-state index contributed by atoms with van der Waals surface area (Å²) in [6.45, 7) is 9.93. The van der Waals surface area contributed by atoms with Crippen LogP contribution in [0.5, 0.6) is 0 Å². The highest BCUT2D eigenvalue weighted by Crippen LogP contribution is 2.26. The van der Waals surface area contributed by atoms with Crippen molar-refractivity contribution in [1.82, 2.24) is 20.4 Å². The minimum absolute atomic E-state index is 0.0268. The molecule has 2 N–H and O–H groups in total. The number of hydrogen-bond donors (Lipinski definition) is 2. The van der Waals surface area contributed by atoms with E-state index < -0.39 is 23.3 Å². The quantitative estimate of drug-likeness (QED) is 0.596. The summed E-state index contributed by atoms with van der Waals surface area (Å²) in [7, 11) is 1.62. The van der Waals surface area contributed by atoms with Crippen LogP contribution in [0.25, 0.3) is 0 Å². The molecule has 10 nitrogen and oxygen atoms in total. The second-order valence-electron chi connectivity index (χ2n) is 9.66. The predicted molar refractivity (Wildman–Crippen MR) is 123 cm³/mol. The van der Waals surface area contributed by atoms with Crippen LogP contribution in [0.4, 0.5) is 9.59 Å². The van der Waals surface area contributed by atoms with E-state index in [1.54, 1.807) is 40.0 Å². The average Bonchev–Trinajstić information content (AvgIpc) is 2.71. The van der Waals surface area contributed by atoms with E-state index in [4.69, 9.17) is 9.47 Å². The Kier molecular flexibility index (Phi) is 9.02. The van der Waals surface area contributed by atoms with Crippen LogP contribution in [-0.2, 0) is 19.1 Å². The Bertz CT molecular complexity index is 775. The lowest BCUT2D eigenvalue weighted by Gasteiger charge is -2.49. The zero-order chi connectivity index (χ0) is 24.8. The Balaban J connectivity index is 2.26. The van der Waals surface area contributed by atoms with Gasteiger partial charge in [-0.3, -0.25) is 14.9 Å². The van der Waals surface area contributed by atoms with Gasteiger partial charge in [-0.15, -0.1) is 0 Å². The standard InChI is InChI=1S/C23H38N4O6/c1-16(2)19(29)23-14-27(15-23)21(31)33-12-8-7-11-32-20(30)26(6)10-9-22(5,25-17(3)4)18(28)13-24-23/h7-8,16-17,24-25H,9-15H2,1-6H3/t22-/m1/s1. The van der Waals surface area contributed by atoms with E-state index in [-0.39, 0.29) is 56.4 Å². The highest BCUT2D eigenvalue weighted by Gasteiger charge is 2.52. The molecule has 0 aromatic heterocycles. The van der Waals surface area contributed by atoms with Crippen molar-refractivity contribution in [2.75, 3.05) is 46.4 Å². The highest BCUT2D eigenvalue weighted by atomic mass is 16.6. The molecule has 186 valence electrons. The summed E-state index contributed by atoms with van der Waals surface area (Å²) in [6.07, 6.45) is 2.52. The van der Waals surface area contributed by atoms with E-state index in [2.05, 4.69) is 10.6 Å². The van der Waals surface area contributed by atoms with E-state index >= 15 is 0 Å². The summed E-state index contributed by atoms with van der Waals surface area (Å²) in [5.41, 5.74) is -1.91. The Hall–Kier alpha value is -2.46. The monoisotopic (exact) mass is 466 g/mol. The molecule has 3 heterocycles. The molecule has 3 aliphatic heterocycles. The van der Waals surface area contributed by atoms with E-state index in [1.165, 1.54) is 9.80 Å². The SMILES string of the molecule is CC(C)N[C@]1(C)CCN(C)C(=O)OCC=CCOC(=O)N2CC(C(=O)C(C)C)(C2)NCC1=O. The molecule has 0 radical (unpaired) electrons. The van der Waals surface area contributed by atoms with Gasteiger partial charge in [0, 0.05) is 25.6 Å². The number of rotatable bonds is 4. The van der Waals surface area contributed by atoms with Gasteiger partial charge in [0.2, 0.25) is 0 Å². The molecule has 0 unspecified atom stereocenters. The van der Waals surface area contributed by atoms with Crippen LogP contribution in [0.3, 0.4) is 0 Å². The lowest BCUT2D eigenvalue weighted by atomic mass is 9.80. The molecule has 0 spiro atoms. The number of carbonyl (C=O) groups excluding carboxylic acids is 4. The van der Waals surface area contributed by atoms with E-state index in [0.717, 1.165) is 0 Å². The molecule has 1 saturated heterocycles. The third-order valence-corrected chi connectivity index (χ3v) is 6.02. The van der Waals surface area contributed by atoms with E-state index in [9.17, 15) is 19.2 Å². The van der Waals surface area contributed by atoms with Gasteiger partial charge in [-0.05, 0) is 39.3 Å². The molecule has 2 amide bonds. The van der Waals surface area contributed by atoms with Gasteiger partial charge < -0.3 is 24.6 Å². The zero-order valence-electron chi connectivity index (χ0n) is 20.6. The fraction of sp³-hybridized carbons (Fsp3) is 0.739. The Morgan fingerprint density at radius 1 is 1.06 bits per heavy atom. The van der Waals surface area contributed by atoms with Crippen LogP contribution in [0.2, 0.25) is 0 Å². The molecule has 0 saturated carbocycles. The summed E-state index contributed by atoms with van der Waals surface area (Å²) in [4.78, 5) is 53.7. The summed E-state index contributed by atoms with van der Waals surface area (Å²) in [5.74, 6) is -0.431. The highest BCUT2D eigenvalue weighted by molar-refractivity contribution is 5.95. The van der Waals surface area contributed by atoms with Crippen LogP contribution < -0.4 is 10.6 Å². The normalized spacial score (nSPS) is 28.2. The lowest BCUT2D eigenvalue weighted by molar-refractivity contribution is -0.136. The van der Waals surface area contributed by atoms with Gasteiger partial charge >= 0.3 is 12.2 Å². The molecule has 0 aromatic carbocycles. The summed E-state index contributed by atoms with van der Waals surface area (Å²) in [6, 6.07) is 0.0272. The lowest BCUT2D eigenvalue weighted by Crippen LogP contribution is -2.75. The molecule has 10 heteroatoms. The molecule has 2 bridgehead atoms. The molecule has 1 fully saturated rings. The number of carbonyl (C=O) groups is 4. The van der Waals surface area contributed by atoms with Gasteiger partial charge in [0.25, 0.3) is 0 Å². The largest absolute Gasteiger partial charge is 0.445 e. The van der Waals surface area contributed by atoms with Crippen molar-refractivity contribution in [3.05, 3.63) is 12.2 Å². The minimum Gasteiger partial charge on any atom is -0.445 e. The third-order valence-electron chi connectivity index (χ3n) is 6.02. The Labute approximate surface area is 196 Å². The summed E-state index contributed by atoms with van der Waals surface area (Å²) < 4.78 is 10.4. The van der Waals surface area contributed by atoms with Gasteiger partial charge in [0.15, 0.2) is 11.6 Å². The van der Waals surface area contributed by atoms with Crippen LogP contribution >= 0.6 is 0 Å². The summed E-state index contributed by atoms with van der Waals surface area (Å²) >= 11 is 0. The number of fused-ring (bicyclic) bond motifs is 13. The van der Waals surface area contributed by atoms with E-state index in [1.807, 2.05) is 13.8 Å². The number of hydrogen-bond acceptors (Lipinski definition) is 8. The van der Waals surface area contributed by atoms with Gasteiger partial charge in [-0.1, -0.05) is 13.8 Å². The molecule has 3 aliphatic rings. The topological polar surface area (TPSA) is 117 Å². The molecule has 0 aliphatic carbocycles. The first-order valence-corrected chi connectivity index (χ1v) is 11.4. The second-order valence-corrected chi connectivity index (χ2v) is 9.66. The van der Waals surface area contributed by atoms with Gasteiger partial charge in [0.05, 0.1) is 25.2 Å². The molecule has 1 atom stereocenters. The van der Waals surface area contributed by atoms with Crippen LogP contribution in [-0.4, -0.2) is 97.1 Å². The number of nitrogens with zero attached hydrogens (tertiary/aromatic N) is 2. The molecule has 0 aromatic rings. The van der Waals surface area contributed by atoms with Crippen molar-refractivity contribution in [3.63, 3.8) is 0 Å². The van der Waals surface area contributed by atoms with Gasteiger partial charge in [-0.25, -0.2) is 9.59 Å². The van der Waals surface area contributed by atoms with Crippen molar-refractivity contribution in [3.8, 4) is 0 Å². The Morgan fingerprint density at radius 2 is 1.64 bits per heavy atom. The average molecular weight is 467 g/mol. The predicted octanol–water partition coefficient (Wildman–Crippen LogP) is 1.35. The first kappa shape index (κ1) is 26.8. The van der Waals surface area contributed by atoms with Crippen molar-refractivity contribution >= 4 is 23.8 Å². The smallest absolute Gasteiger partial charge is 0.410 e. The van der Waals surface area contributed by atoms with Crippen molar-refractivity contribution in [2.45, 2.75) is 58.2 Å². The number of amides is 2. The Morgan fingerprint density at radius 3 is 2.18 bits per heavy atom. The number of Topliss-reactive ketones (excluding diaryl/α,β-unsaturated/α-hetero) is 2. The van der Waals surface area contributed by atoms with Crippen LogP contribution in [0.1, 0.15) is 41.0 Å². The van der Waals surface area contributed by atoms with Gasteiger partial charge in [-0.2, -0.15) is 0 Å². The molecule has 3 rings (SSSR count). The zero-order valence-corrected chi connectivity index (χ0v) is 20.6. The maximum atomic E-state index is 13.3. The molecular formula is C23H38N4O6. The first-order valence-electron chi connectivity index (χ1n) is 11.4. The number of nitrogens with one attached hydrogen (secondary N) is 2. The van der Waals surface area contributed by atoms with E-state index in [0.29, 0.717) is 13.0 Å². The summed E-state index contributed by atoms with van der Waals surface area (Å²) in [5, 5.41) is 6.47. The van der Waals surface area contributed by atoms with Crippen LogP contribution in [0.15, 0.2) is 12.2 Å². The second kappa shape index (κ2) is 11.1. The van der Waals surface area contributed by atoms with Crippen LogP contribution in [0, 0.1) is 5.92 Å². The minimum atomic E-state index is -0.983. The molecular weight excluding hydrogens is 428 g/mol. The molecule has 33 heavy (non-hydrogen) atoms. The number of ketones is 2. The maximum Gasteiger partial charge on any atom is 0.410 e. The fourth-order valence-corrected chi connectivity index (χ4v) is 4.07. The van der Waals surface area contributed by atoms with Gasteiger partial charge in [0.1, 0.15) is 18.8 Å². The van der Waals surface area contributed by atoms with Crippen molar-refractivity contribution in [1.29, 1.82) is 0 Å². The first-order chi connectivity index (χ1) is 15.4. The maximum absolute atomic E-state index is 13.3. The van der Waals surface area contributed by atoms with Crippen molar-refractivity contribution in [2.24, 2.45) is 5.92 Å². The fourth-order valence-electron chi connectivity index (χ4n) is 4.07. The third kappa shape index (κ3) is 6.77.